The van der Waals surface area contributed by atoms with E-state index in [4.69, 9.17) is 0 Å². The Bertz CT molecular complexity index is 584. The van der Waals surface area contributed by atoms with Gasteiger partial charge in [0.15, 0.2) is 0 Å². The first kappa shape index (κ1) is 16.0. The highest BCUT2D eigenvalue weighted by Crippen LogP contribution is 2.49. The number of fused-ring (bicyclic) bond motifs is 2. The molecule has 4 nitrogen and oxygen atoms in total. The van der Waals surface area contributed by atoms with Crippen LogP contribution in [0.3, 0.4) is 0 Å². The van der Waals surface area contributed by atoms with Gasteiger partial charge < -0.3 is 10.6 Å². The van der Waals surface area contributed by atoms with Gasteiger partial charge in [-0.25, -0.2) is 0 Å². The number of rotatable bonds is 6. The average Bonchev–Trinajstić information content (AvgIpc) is 3.16. The van der Waals surface area contributed by atoms with Crippen molar-refractivity contribution in [2.24, 2.45) is 17.8 Å². The molecular weight excluding hydrogens is 288 g/mol. The van der Waals surface area contributed by atoms with Crippen LogP contribution >= 0.6 is 0 Å². The van der Waals surface area contributed by atoms with E-state index in [2.05, 4.69) is 17.6 Å². The van der Waals surface area contributed by atoms with Crippen LogP contribution in [-0.2, 0) is 16.0 Å². The average molecular weight is 314 g/mol. The van der Waals surface area contributed by atoms with Crippen molar-refractivity contribution in [2.45, 2.75) is 45.4 Å². The number of para-hydroxylation sites is 1. The van der Waals surface area contributed by atoms with E-state index in [-0.39, 0.29) is 18.4 Å². The molecule has 0 spiro atoms. The summed E-state index contributed by atoms with van der Waals surface area (Å²) in [5.74, 6) is 1.99. The lowest BCUT2D eigenvalue weighted by molar-refractivity contribution is -0.125. The molecule has 3 rings (SSSR count). The van der Waals surface area contributed by atoms with Gasteiger partial charge in [0.05, 0.1) is 6.54 Å². The second-order valence-corrected chi connectivity index (χ2v) is 6.97. The largest absolute Gasteiger partial charge is 0.347 e. The standard InChI is InChI=1S/C19H26N2O2/c1-2-14-5-3-4-6-17(14)21-19(23)12-20-18(22)11-16-10-13-7-8-15(16)9-13/h3-6,13,15-16H,2,7-12H2,1H3,(H,20,22)(H,21,23). The van der Waals surface area contributed by atoms with Gasteiger partial charge >= 0.3 is 0 Å². The minimum atomic E-state index is -0.160. The van der Waals surface area contributed by atoms with E-state index in [0.29, 0.717) is 12.3 Å². The van der Waals surface area contributed by atoms with Crippen molar-refractivity contribution in [1.82, 2.24) is 5.32 Å². The molecule has 2 aliphatic carbocycles. The summed E-state index contributed by atoms with van der Waals surface area (Å²) in [5.41, 5.74) is 1.94. The monoisotopic (exact) mass is 314 g/mol. The van der Waals surface area contributed by atoms with Gasteiger partial charge in [-0.1, -0.05) is 31.5 Å². The minimum Gasteiger partial charge on any atom is -0.347 e. The second-order valence-electron chi connectivity index (χ2n) is 6.97. The summed E-state index contributed by atoms with van der Waals surface area (Å²) in [5, 5.41) is 5.66. The summed E-state index contributed by atoms with van der Waals surface area (Å²) in [7, 11) is 0. The summed E-state index contributed by atoms with van der Waals surface area (Å²) in [6, 6.07) is 7.77. The fourth-order valence-corrected chi connectivity index (χ4v) is 4.26. The lowest BCUT2D eigenvalue weighted by atomic mass is 9.86. The summed E-state index contributed by atoms with van der Waals surface area (Å²) >= 11 is 0. The molecule has 0 aromatic heterocycles. The summed E-state index contributed by atoms with van der Waals surface area (Å²) < 4.78 is 0. The van der Waals surface area contributed by atoms with Crippen LogP contribution in [0, 0.1) is 17.8 Å². The van der Waals surface area contributed by atoms with Gasteiger partial charge in [0.25, 0.3) is 0 Å². The molecule has 3 atom stereocenters. The predicted octanol–water partition coefficient (Wildman–Crippen LogP) is 3.13. The number of benzene rings is 1. The molecule has 4 heteroatoms. The SMILES string of the molecule is CCc1ccccc1NC(=O)CNC(=O)CC1CC2CCC1C2. The second kappa shape index (κ2) is 7.16. The maximum atomic E-state index is 12.1. The summed E-state index contributed by atoms with van der Waals surface area (Å²) in [6.45, 7) is 2.11. The van der Waals surface area contributed by atoms with Crippen LogP contribution in [-0.4, -0.2) is 18.4 Å². The quantitative estimate of drug-likeness (QED) is 0.847. The van der Waals surface area contributed by atoms with Gasteiger partial charge in [-0.05, 0) is 55.1 Å². The molecule has 23 heavy (non-hydrogen) atoms. The summed E-state index contributed by atoms with van der Waals surface area (Å²) in [6.07, 6.45) is 6.60. The van der Waals surface area contributed by atoms with E-state index < -0.39 is 0 Å². The normalized spacial score (nSPS) is 25.3. The fraction of sp³-hybridized carbons (Fsp3) is 0.579. The van der Waals surface area contributed by atoms with E-state index in [1.165, 1.54) is 25.7 Å². The van der Waals surface area contributed by atoms with E-state index >= 15 is 0 Å². The Labute approximate surface area is 138 Å². The molecule has 1 aromatic carbocycles. The number of aryl methyl sites for hydroxylation is 1. The molecule has 0 aliphatic heterocycles. The number of anilines is 1. The van der Waals surface area contributed by atoms with Gasteiger partial charge in [0.1, 0.15) is 0 Å². The minimum absolute atomic E-state index is 0.0153. The van der Waals surface area contributed by atoms with Crippen molar-refractivity contribution >= 4 is 17.5 Å². The number of amides is 2. The van der Waals surface area contributed by atoms with Crippen LogP contribution in [0.5, 0.6) is 0 Å². The van der Waals surface area contributed by atoms with Crippen molar-refractivity contribution in [1.29, 1.82) is 0 Å². The van der Waals surface area contributed by atoms with Crippen LogP contribution in [0.4, 0.5) is 5.69 Å². The first-order valence-electron chi connectivity index (χ1n) is 8.80. The molecule has 0 saturated heterocycles. The maximum Gasteiger partial charge on any atom is 0.243 e. The molecule has 0 heterocycles. The molecule has 2 saturated carbocycles. The number of hydrogen-bond donors (Lipinski definition) is 2. The first-order valence-corrected chi connectivity index (χ1v) is 8.80. The van der Waals surface area contributed by atoms with Crippen LogP contribution in [0.2, 0.25) is 0 Å². The Hall–Kier alpha value is -1.84. The predicted molar refractivity (Wildman–Crippen MR) is 91.0 cm³/mol. The van der Waals surface area contributed by atoms with E-state index in [0.717, 1.165) is 29.5 Å². The third-order valence-electron chi connectivity index (χ3n) is 5.45. The van der Waals surface area contributed by atoms with Crippen LogP contribution in [0.15, 0.2) is 24.3 Å². The number of carbonyl (C=O) groups is 2. The zero-order chi connectivity index (χ0) is 16.2. The molecule has 1 aromatic rings. The third-order valence-corrected chi connectivity index (χ3v) is 5.45. The molecule has 2 amide bonds. The molecule has 2 aliphatic rings. The Kier molecular flexibility index (Phi) is 4.99. The molecule has 124 valence electrons. The van der Waals surface area contributed by atoms with Gasteiger partial charge in [-0.2, -0.15) is 0 Å². The van der Waals surface area contributed by atoms with Gasteiger partial charge in [0, 0.05) is 12.1 Å². The number of carbonyl (C=O) groups excluding carboxylic acids is 2. The van der Waals surface area contributed by atoms with Gasteiger partial charge in [-0.3, -0.25) is 9.59 Å². The third kappa shape index (κ3) is 3.92. The number of nitrogens with one attached hydrogen (secondary N) is 2. The molecule has 2 N–H and O–H groups in total. The summed E-state index contributed by atoms with van der Waals surface area (Å²) in [4.78, 5) is 24.1. The highest BCUT2D eigenvalue weighted by Gasteiger charge is 2.40. The molecule has 0 radical (unpaired) electrons. The lowest BCUT2D eigenvalue weighted by Gasteiger charge is -2.20. The van der Waals surface area contributed by atoms with Crippen LogP contribution < -0.4 is 10.6 Å². The van der Waals surface area contributed by atoms with Crippen molar-refractivity contribution in [3.05, 3.63) is 29.8 Å². The highest BCUT2D eigenvalue weighted by molar-refractivity contribution is 5.95. The van der Waals surface area contributed by atoms with E-state index in [1.54, 1.807) is 0 Å². The highest BCUT2D eigenvalue weighted by atomic mass is 16.2. The molecule has 2 bridgehead atoms. The Morgan fingerprint density at radius 2 is 1.96 bits per heavy atom. The van der Waals surface area contributed by atoms with E-state index in [9.17, 15) is 9.59 Å². The van der Waals surface area contributed by atoms with Crippen molar-refractivity contribution in [3.63, 3.8) is 0 Å². The van der Waals surface area contributed by atoms with Crippen LogP contribution in [0.25, 0.3) is 0 Å². The lowest BCUT2D eigenvalue weighted by Crippen LogP contribution is -2.34. The Morgan fingerprint density at radius 3 is 2.65 bits per heavy atom. The maximum absolute atomic E-state index is 12.1. The van der Waals surface area contributed by atoms with Crippen molar-refractivity contribution < 1.29 is 9.59 Å². The topological polar surface area (TPSA) is 58.2 Å². The smallest absolute Gasteiger partial charge is 0.243 e. The van der Waals surface area contributed by atoms with Gasteiger partial charge in [0.2, 0.25) is 11.8 Å². The van der Waals surface area contributed by atoms with E-state index in [1.807, 2.05) is 24.3 Å². The zero-order valence-electron chi connectivity index (χ0n) is 13.8. The Morgan fingerprint density at radius 1 is 1.13 bits per heavy atom. The number of hydrogen-bond acceptors (Lipinski definition) is 2. The van der Waals surface area contributed by atoms with Crippen molar-refractivity contribution in [3.8, 4) is 0 Å². The van der Waals surface area contributed by atoms with Gasteiger partial charge in [-0.15, -0.1) is 0 Å². The molecular formula is C19H26N2O2. The molecule has 2 fully saturated rings. The van der Waals surface area contributed by atoms with Crippen molar-refractivity contribution in [2.75, 3.05) is 11.9 Å². The first-order chi connectivity index (χ1) is 11.2. The Balaban J connectivity index is 1.42. The fourth-order valence-electron chi connectivity index (χ4n) is 4.26. The molecule has 3 unspecified atom stereocenters. The zero-order valence-corrected chi connectivity index (χ0v) is 13.8. The van der Waals surface area contributed by atoms with Crippen LogP contribution in [0.1, 0.15) is 44.6 Å².